The van der Waals surface area contributed by atoms with Gasteiger partial charge in [0.15, 0.2) is 0 Å². The van der Waals surface area contributed by atoms with E-state index in [2.05, 4.69) is 75.4 Å². The van der Waals surface area contributed by atoms with Crippen LogP contribution in [0.4, 0.5) is 0 Å². The van der Waals surface area contributed by atoms with E-state index in [4.69, 9.17) is 0 Å². The van der Waals surface area contributed by atoms with E-state index >= 15 is 0 Å². The van der Waals surface area contributed by atoms with Gasteiger partial charge in [-0.05, 0) is 55.4 Å². The third-order valence-corrected chi connectivity index (χ3v) is 3.71. The Morgan fingerprint density at radius 2 is 1.85 bits per heavy atom. The molecule has 0 aromatic heterocycles. The van der Waals surface area contributed by atoms with Crippen LogP contribution in [0.5, 0.6) is 0 Å². The molecule has 0 spiro atoms. The van der Waals surface area contributed by atoms with Gasteiger partial charge in [-0.2, -0.15) is 0 Å². The maximum Gasteiger partial charge on any atom is -0.00232 e. The molecule has 0 aliphatic heterocycles. The van der Waals surface area contributed by atoms with Gasteiger partial charge in [0.2, 0.25) is 0 Å². The van der Waals surface area contributed by atoms with Crippen LogP contribution in [0, 0.1) is 0 Å². The molecule has 0 fully saturated rings. The van der Waals surface area contributed by atoms with Crippen molar-refractivity contribution in [3.8, 4) is 0 Å². The molecule has 0 N–H and O–H groups in total. The molecular weight excluding hydrogens is 240 g/mol. The fourth-order valence-corrected chi connectivity index (χ4v) is 2.60. The summed E-state index contributed by atoms with van der Waals surface area (Å²) in [5, 5.41) is 0. The number of hydrogen-bond acceptors (Lipinski definition) is 0. The molecule has 1 aromatic carbocycles. The van der Waals surface area contributed by atoms with Crippen molar-refractivity contribution in [2.24, 2.45) is 0 Å². The van der Waals surface area contributed by atoms with Crippen molar-refractivity contribution in [1.29, 1.82) is 0 Å². The summed E-state index contributed by atoms with van der Waals surface area (Å²) in [6.45, 7) is 6.51. The van der Waals surface area contributed by atoms with Crippen LogP contribution in [-0.2, 0) is 6.42 Å². The lowest BCUT2D eigenvalue weighted by molar-refractivity contribution is 1.07. The molecule has 0 nitrogen and oxygen atoms in total. The van der Waals surface area contributed by atoms with Gasteiger partial charge in [0.25, 0.3) is 0 Å². The highest BCUT2D eigenvalue weighted by atomic mass is 14.1. The molecule has 0 saturated carbocycles. The number of hydrogen-bond donors (Lipinski definition) is 0. The van der Waals surface area contributed by atoms with Crippen molar-refractivity contribution < 1.29 is 0 Å². The third-order valence-electron chi connectivity index (χ3n) is 3.71. The lowest BCUT2D eigenvalue weighted by atomic mass is 9.97. The molecule has 0 atom stereocenters. The molecule has 1 aliphatic rings. The standard InChI is InChI=1S/C20H24/c1-4-7-17-10-12-18(13-11-17)15-20-9-6-8-16(3)14-19(20)5-2/h4,6-7,9-14H,5,8,15H2,1-3H3/b7-4-. The van der Waals surface area contributed by atoms with Crippen molar-refractivity contribution in [1.82, 2.24) is 0 Å². The lowest BCUT2D eigenvalue weighted by Crippen LogP contribution is -1.92. The first-order valence-corrected chi connectivity index (χ1v) is 7.50. The Hall–Kier alpha value is -1.82. The van der Waals surface area contributed by atoms with Crippen LogP contribution in [0.1, 0.15) is 44.7 Å². The summed E-state index contributed by atoms with van der Waals surface area (Å²) in [6.07, 6.45) is 14.4. The van der Waals surface area contributed by atoms with Crippen molar-refractivity contribution in [3.05, 3.63) is 76.4 Å². The topological polar surface area (TPSA) is 0 Å². The normalized spacial score (nSPS) is 15.7. The van der Waals surface area contributed by atoms with E-state index in [-0.39, 0.29) is 0 Å². The Balaban J connectivity index is 2.23. The van der Waals surface area contributed by atoms with Gasteiger partial charge < -0.3 is 0 Å². The minimum absolute atomic E-state index is 1.03. The van der Waals surface area contributed by atoms with Crippen LogP contribution in [-0.4, -0.2) is 0 Å². The van der Waals surface area contributed by atoms with E-state index in [1.165, 1.54) is 27.8 Å². The molecule has 2 rings (SSSR count). The zero-order valence-corrected chi connectivity index (χ0v) is 12.8. The van der Waals surface area contributed by atoms with Crippen LogP contribution >= 0.6 is 0 Å². The molecule has 1 aromatic rings. The summed E-state index contributed by atoms with van der Waals surface area (Å²) in [5.41, 5.74) is 7.05. The van der Waals surface area contributed by atoms with Crippen molar-refractivity contribution in [2.45, 2.75) is 40.0 Å². The average Bonchev–Trinajstić information content (AvgIpc) is 2.63. The lowest BCUT2D eigenvalue weighted by Gasteiger charge is -2.08. The zero-order valence-electron chi connectivity index (χ0n) is 12.8. The van der Waals surface area contributed by atoms with Crippen molar-refractivity contribution in [2.75, 3.05) is 0 Å². The Bertz CT molecular complexity index is 563. The summed E-state index contributed by atoms with van der Waals surface area (Å²) < 4.78 is 0. The highest BCUT2D eigenvalue weighted by Crippen LogP contribution is 2.23. The Morgan fingerprint density at radius 3 is 2.50 bits per heavy atom. The van der Waals surface area contributed by atoms with Crippen LogP contribution in [0.15, 0.2) is 65.3 Å². The quantitative estimate of drug-likeness (QED) is 0.637. The summed E-state index contributed by atoms with van der Waals surface area (Å²) in [5.74, 6) is 0. The molecule has 0 radical (unpaired) electrons. The second kappa shape index (κ2) is 7.09. The predicted molar refractivity (Wildman–Crippen MR) is 89.7 cm³/mol. The van der Waals surface area contributed by atoms with Crippen LogP contribution < -0.4 is 0 Å². The largest absolute Gasteiger partial charge is 0.0871 e. The molecule has 0 heterocycles. The van der Waals surface area contributed by atoms with Gasteiger partial charge in [0.05, 0.1) is 0 Å². The van der Waals surface area contributed by atoms with Gasteiger partial charge in [-0.3, -0.25) is 0 Å². The second-order valence-corrected chi connectivity index (χ2v) is 5.42. The highest BCUT2D eigenvalue weighted by Gasteiger charge is 2.05. The second-order valence-electron chi connectivity index (χ2n) is 5.42. The van der Waals surface area contributed by atoms with Gasteiger partial charge in [-0.1, -0.05) is 67.1 Å². The average molecular weight is 264 g/mol. The molecule has 0 amide bonds. The molecule has 0 saturated heterocycles. The van der Waals surface area contributed by atoms with E-state index in [1.807, 2.05) is 0 Å². The summed E-state index contributed by atoms with van der Waals surface area (Å²) >= 11 is 0. The smallest absolute Gasteiger partial charge is 0.00232 e. The molecule has 0 heteroatoms. The van der Waals surface area contributed by atoms with Gasteiger partial charge in [0.1, 0.15) is 0 Å². The van der Waals surface area contributed by atoms with Gasteiger partial charge in [-0.15, -0.1) is 0 Å². The molecular formula is C20H24. The van der Waals surface area contributed by atoms with Crippen LogP contribution in [0.3, 0.4) is 0 Å². The van der Waals surface area contributed by atoms with E-state index in [1.54, 1.807) is 0 Å². The first-order valence-electron chi connectivity index (χ1n) is 7.50. The molecule has 20 heavy (non-hydrogen) atoms. The fourth-order valence-electron chi connectivity index (χ4n) is 2.60. The summed E-state index contributed by atoms with van der Waals surface area (Å²) in [4.78, 5) is 0. The maximum absolute atomic E-state index is 2.36. The highest BCUT2D eigenvalue weighted by molar-refractivity contribution is 5.50. The minimum atomic E-state index is 1.03. The zero-order chi connectivity index (χ0) is 14.4. The molecule has 0 bridgehead atoms. The predicted octanol–water partition coefficient (Wildman–Crippen LogP) is 5.88. The Labute approximate surface area is 123 Å². The first-order chi connectivity index (χ1) is 9.72. The van der Waals surface area contributed by atoms with Gasteiger partial charge in [0, 0.05) is 0 Å². The Kier molecular flexibility index (Phi) is 5.17. The van der Waals surface area contributed by atoms with Gasteiger partial charge in [-0.25, -0.2) is 0 Å². The summed E-state index contributed by atoms with van der Waals surface area (Å²) in [6, 6.07) is 8.88. The SMILES string of the molecule is C/C=C\c1ccc(CC2=C(CC)C=C(C)CC=C2)cc1. The fraction of sp³-hybridized carbons (Fsp3) is 0.300. The summed E-state index contributed by atoms with van der Waals surface area (Å²) in [7, 11) is 0. The van der Waals surface area contributed by atoms with Gasteiger partial charge >= 0.3 is 0 Å². The molecule has 1 aliphatic carbocycles. The van der Waals surface area contributed by atoms with E-state index in [0.717, 1.165) is 19.3 Å². The van der Waals surface area contributed by atoms with Crippen molar-refractivity contribution in [3.63, 3.8) is 0 Å². The molecule has 0 unspecified atom stereocenters. The molecule has 104 valence electrons. The van der Waals surface area contributed by atoms with Crippen molar-refractivity contribution >= 4 is 6.08 Å². The van der Waals surface area contributed by atoms with E-state index in [0.29, 0.717) is 0 Å². The minimum Gasteiger partial charge on any atom is -0.0871 e. The number of benzene rings is 1. The van der Waals surface area contributed by atoms with Crippen LogP contribution in [0.25, 0.3) is 6.08 Å². The number of allylic oxidation sites excluding steroid dienone is 7. The third kappa shape index (κ3) is 3.84. The number of rotatable bonds is 4. The first kappa shape index (κ1) is 14.6. The van der Waals surface area contributed by atoms with E-state index in [9.17, 15) is 0 Å². The van der Waals surface area contributed by atoms with Crippen LogP contribution in [0.2, 0.25) is 0 Å². The monoisotopic (exact) mass is 264 g/mol. The maximum atomic E-state index is 2.36. The van der Waals surface area contributed by atoms with E-state index < -0.39 is 0 Å². The Morgan fingerprint density at radius 1 is 1.10 bits per heavy atom.